The summed E-state index contributed by atoms with van der Waals surface area (Å²) >= 11 is 0. The van der Waals surface area contributed by atoms with Gasteiger partial charge in [0.15, 0.2) is 0 Å². The lowest BCUT2D eigenvalue weighted by Gasteiger charge is -2.62. The normalized spacial score (nSPS) is 41.8. The van der Waals surface area contributed by atoms with Gasteiger partial charge in [-0.2, -0.15) is 30.4 Å². The van der Waals surface area contributed by atoms with E-state index >= 15 is 0 Å². The molecule has 0 aromatic heterocycles. The van der Waals surface area contributed by atoms with E-state index in [2.05, 4.69) is 18.6 Å². The van der Waals surface area contributed by atoms with Crippen molar-refractivity contribution in [1.29, 1.82) is 0 Å². The van der Waals surface area contributed by atoms with Gasteiger partial charge in [0.2, 0.25) is 0 Å². The zero-order chi connectivity index (χ0) is 30.1. The van der Waals surface area contributed by atoms with Crippen molar-refractivity contribution in [3.63, 3.8) is 0 Å². The van der Waals surface area contributed by atoms with Crippen LogP contribution >= 0.6 is 0 Å². The van der Waals surface area contributed by atoms with Gasteiger partial charge in [-0.15, -0.1) is 0 Å². The second-order valence-corrected chi connectivity index (χ2v) is 14.9. The van der Waals surface area contributed by atoms with Crippen molar-refractivity contribution in [2.45, 2.75) is 115 Å². The lowest BCUT2D eigenvalue weighted by Crippen LogP contribution is -2.58. The van der Waals surface area contributed by atoms with E-state index in [-0.39, 0.29) is 41.1 Å². The third-order valence-corrected chi connectivity index (χ3v) is 12.3. The molecule has 232 valence electrons. The number of rotatable bonds is 7. The molecule has 13 heteroatoms. The minimum Gasteiger partial charge on any atom is -0.445 e. The molecule has 0 amide bonds. The average molecular weight is 605 g/mol. The van der Waals surface area contributed by atoms with E-state index < -0.39 is 46.1 Å². The first-order chi connectivity index (χ1) is 18.2. The van der Waals surface area contributed by atoms with Crippen molar-refractivity contribution < 1.29 is 54.7 Å². The fourth-order valence-electron chi connectivity index (χ4n) is 9.45. The SMILES string of the molecule is C[C@H](CCC(=O)OC(C(F)(F)F)C(F)(F)S(=O)(=O)O)[C@H]1CC[C@H]2[C@@H]3C[C@H](O)C4C[C@H](O)CC[C@]4(C)[C@H]3CC[C@]12C. The molecular weight excluding hydrogens is 563 g/mol. The molecule has 0 aromatic rings. The van der Waals surface area contributed by atoms with Crippen LogP contribution in [0.1, 0.15) is 85.0 Å². The Morgan fingerprint density at radius 1 is 0.950 bits per heavy atom. The zero-order valence-corrected chi connectivity index (χ0v) is 23.9. The Labute approximate surface area is 232 Å². The molecule has 11 atom stereocenters. The maximum absolute atomic E-state index is 13.8. The van der Waals surface area contributed by atoms with E-state index in [0.717, 1.165) is 38.5 Å². The summed E-state index contributed by atoms with van der Waals surface area (Å²) in [5.41, 5.74) is -0.163. The Kier molecular flexibility index (Phi) is 8.44. The molecular formula is C27H41F5O7S. The van der Waals surface area contributed by atoms with E-state index in [1.165, 1.54) is 0 Å². The predicted octanol–water partition coefficient (Wildman–Crippen LogP) is 5.35. The highest BCUT2D eigenvalue weighted by Gasteiger charge is 2.66. The molecule has 3 N–H and O–H groups in total. The largest absolute Gasteiger partial charge is 0.445 e. The lowest BCUT2D eigenvalue weighted by atomic mass is 9.44. The Balaban J connectivity index is 1.42. The molecule has 4 aliphatic carbocycles. The van der Waals surface area contributed by atoms with E-state index in [4.69, 9.17) is 4.55 Å². The van der Waals surface area contributed by atoms with Crippen LogP contribution < -0.4 is 0 Å². The molecule has 0 heterocycles. The van der Waals surface area contributed by atoms with E-state index in [1.807, 2.05) is 6.92 Å². The molecule has 0 aliphatic heterocycles. The number of carbonyl (C=O) groups excluding carboxylic acids is 1. The maximum Gasteiger partial charge on any atom is 0.432 e. The van der Waals surface area contributed by atoms with Crippen molar-refractivity contribution in [2.75, 3.05) is 0 Å². The van der Waals surface area contributed by atoms with Gasteiger partial charge in [-0.1, -0.05) is 20.8 Å². The maximum atomic E-state index is 13.8. The second-order valence-electron chi connectivity index (χ2n) is 13.4. The number of hydrogen-bond donors (Lipinski definition) is 3. The molecule has 4 fully saturated rings. The number of ether oxygens (including phenoxy) is 1. The summed E-state index contributed by atoms with van der Waals surface area (Å²) in [6.07, 6.45) is -5.10. The summed E-state index contributed by atoms with van der Waals surface area (Å²) in [6.45, 7) is 6.34. The number of alkyl halides is 5. The summed E-state index contributed by atoms with van der Waals surface area (Å²) in [5.74, 6) is -0.505. The van der Waals surface area contributed by atoms with Crippen LogP contribution in [0.5, 0.6) is 0 Å². The Bertz CT molecular complexity index is 1070. The quantitative estimate of drug-likeness (QED) is 0.204. The van der Waals surface area contributed by atoms with E-state index in [1.54, 1.807) is 0 Å². The summed E-state index contributed by atoms with van der Waals surface area (Å²) in [7, 11) is -6.49. The third-order valence-electron chi connectivity index (χ3n) is 11.4. The Hall–Kier alpha value is -1.05. The first kappa shape index (κ1) is 31.9. The number of aliphatic hydroxyl groups is 2. The minimum atomic E-state index is -6.49. The lowest BCUT2D eigenvalue weighted by molar-refractivity contribution is -0.259. The van der Waals surface area contributed by atoms with Gasteiger partial charge >= 0.3 is 27.5 Å². The summed E-state index contributed by atoms with van der Waals surface area (Å²) in [5, 5.41) is 15.6. The van der Waals surface area contributed by atoms with Crippen molar-refractivity contribution in [3.05, 3.63) is 0 Å². The molecule has 4 aliphatic rings. The van der Waals surface area contributed by atoms with E-state index in [9.17, 15) is 45.4 Å². The van der Waals surface area contributed by atoms with Crippen LogP contribution in [0, 0.1) is 46.3 Å². The molecule has 40 heavy (non-hydrogen) atoms. The van der Waals surface area contributed by atoms with Gasteiger partial charge in [-0.05, 0) is 104 Å². The molecule has 4 rings (SSSR count). The number of carbonyl (C=O) groups is 1. The van der Waals surface area contributed by atoms with Gasteiger partial charge in [-0.25, -0.2) is 0 Å². The molecule has 0 saturated heterocycles. The molecule has 7 nitrogen and oxygen atoms in total. The van der Waals surface area contributed by atoms with Gasteiger partial charge in [0.25, 0.3) is 6.10 Å². The van der Waals surface area contributed by atoms with Crippen molar-refractivity contribution in [1.82, 2.24) is 0 Å². The molecule has 0 aromatic carbocycles. The topological polar surface area (TPSA) is 121 Å². The highest BCUT2D eigenvalue weighted by Crippen LogP contribution is 2.68. The minimum absolute atomic E-state index is 0.0461. The summed E-state index contributed by atoms with van der Waals surface area (Å²) < 4.78 is 101. The molecule has 2 unspecified atom stereocenters. The van der Waals surface area contributed by atoms with Crippen molar-refractivity contribution >= 4 is 16.1 Å². The van der Waals surface area contributed by atoms with Crippen LogP contribution in [-0.2, 0) is 19.6 Å². The fraction of sp³-hybridized carbons (Fsp3) is 0.963. The predicted molar refractivity (Wildman–Crippen MR) is 133 cm³/mol. The van der Waals surface area contributed by atoms with Gasteiger partial charge in [-0.3, -0.25) is 9.35 Å². The van der Waals surface area contributed by atoms with Crippen LogP contribution in [-0.4, -0.2) is 58.9 Å². The smallest absolute Gasteiger partial charge is 0.432 e. The van der Waals surface area contributed by atoms with Crippen molar-refractivity contribution in [2.24, 2.45) is 46.3 Å². The summed E-state index contributed by atoms with van der Waals surface area (Å²) in [6, 6.07) is 0. The number of halogens is 5. The third kappa shape index (κ3) is 5.41. The van der Waals surface area contributed by atoms with Gasteiger partial charge in [0, 0.05) is 6.42 Å². The monoisotopic (exact) mass is 604 g/mol. The number of aliphatic hydroxyl groups excluding tert-OH is 2. The second kappa shape index (κ2) is 10.6. The number of fused-ring (bicyclic) bond motifs is 5. The van der Waals surface area contributed by atoms with Gasteiger partial charge in [0.1, 0.15) is 0 Å². The highest BCUT2D eigenvalue weighted by molar-refractivity contribution is 7.86. The van der Waals surface area contributed by atoms with Crippen LogP contribution in [0.3, 0.4) is 0 Å². The van der Waals surface area contributed by atoms with Crippen LogP contribution in [0.25, 0.3) is 0 Å². The molecule has 0 spiro atoms. The molecule has 4 saturated carbocycles. The zero-order valence-electron chi connectivity index (χ0n) is 23.0. The van der Waals surface area contributed by atoms with Gasteiger partial charge < -0.3 is 14.9 Å². The van der Waals surface area contributed by atoms with Crippen LogP contribution in [0.15, 0.2) is 0 Å². The first-order valence-electron chi connectivity index (χ1n) is 14.2. The Morgan fingerprint density at radius 2 is 1.55 bits per heavy atom. The van der Waals surface area contributed by atoms with Crippen LogP contribution in [0.2, 0.25) is 0 Å². The van der Waals surface area contributed by atoms with Crippen LogP contribution in [0.4, 0.5) is 22.0 Å². The Morgan fingerprint density at radius 3 is 2.15 bits per heavy atom. The number of esters is 1. The standard InChI is InChI=1S/C27H41F5O7S/c1-14(4-7-22(35)39-23(26(28,29)30)27(31,32)40(36,37)38)17-5-6-18-16-13-21(34)20-12-15(33)8-10-25(20,3)19(16)9-11-24(17,18)2/h14-21,23,33-34H,4-13H2,1-3H3,(H,36,37,38)/t14-,15-,16+,17-,18+,19+,20?,21+,23?,24-,25-/m1/s1. The molecule has 0 radical (unpaired) electrons. The average Bonchev–Trinajstić information content (AvgIpc) is 3.18. The van der Waals surface area contributed by atoms with E-state index in [0.29, 0.717) is 30.6 Å². The first-order valence-corrected chi connectivity index (χ1v) is 15.6. The fourth-order valence-corrected chi connectivity index (χ4v) is 9.90. The molecule has 0 bridgehead atoms. The van der Waals surface area contributed by atoms with Gasteiger partial charge in [0.05, 0.1) is 12.2 Å². The highest BCUT2D eigenvalue weighted by atomic mass is 32.2. The number of hydrogen-bond acceptors (Lipinski definition) is 6. The van der Waals surface area contributed by atoms with Crippen molar-refractivity contribution in [3.8, 4) is 0 Å². The summed E-state index contributed by atoms with van der Waals surface area (Å²) in [4.78, 5) is 12.2.